The van der Waals surface area contributed by atoms with Crippen LogP contribution in [0.1, 0.15) is 19.8 Å². The quantitative estimate of drug-likeness (QED) is 0.399. The molecule has 0 aromatic rings. The highest BCUT2D eigenvalue weighted by Gasteiger charge is 2.55. The number of hydrogen-bond donors (Lipinski definition) is 0. The Kier molecular flexibility index (Phi) is 4.81. The van der Waals surface area contributed by atoms with Gasteiger partial charge in [0.2, 0.25) is 0 Å². The van der Waals surface area contributed by atoms with Crippen LogP contribution in [0.3, 0.4) is 0 Å². The maximum Gasteiger partial charge on any atom is 0.504 e. The molecule has 1 saturated heterocycles. The Balaban J connectivity index is 2.97. The predicted molar refractivity (Wildman–Crippen MR) is 60.0 cm³/mol. The summed E-state index contributed by atoms with van der Waals surface area (Å²) in [7, 11) is 1.53. The monoisotopic (exact) mass is 262 g/mol. The Hall–Kier alpha value is -0.763. The molecule has 0 bridgehead atoms. The molecule has 0 amide bonds. The average molecular weight is 262 g/mol. The largest absolute Gasteiger partial charge is 0.504 e. The lowest BCUT2D eigenvalue weighted by atomic mass is 10.0. The fourth-order valence-electron chi connectivity index (χ4n) is 2.28. The number of esters is 2. The number of hydrogen-bond acceptors (Lipinski definition) is 6. The fourth-order valence-corrected chi connectivity index (χ4v) is 4.94. The number of carbonyl (C=O) groups excluding carboxylic acids is 2. The van der Waals surface area contributed by atoms with E-state index >= 15 is 0 Å². The maximum absolute atomic E-state index is 11.6. The highest BCUT2D eigenvalue weighted by molar-refractivity contribution is 6.62. The molecular formula is C10H18O6Si. The van der Waals surface area contributed by atoms with Gasteiger partial charge in [-0.2, -0.15) is 0 Å². The molecule has 0 N–H and O–H groups in total. The Morgan fingerprint density at radius 3 is 2.12 bits per heavy atom. The van der Waals surface area contributed by atoms with Crippen molar-refractivity contribution >= 4 is 20.7 Å². The second-order valence-corrected chi connectivity index (χ2v) is 7.01. The lowest BCUT2D eigenvalue weighted by molar-refractivity contribution is -0.153. The van der Waals surface area contributed by atoms with Crippen molar-refractivity contribution < 1.29 is 27.6 Å². The highest BCUT2D eigenvalue weighted by atomic mass is 28.4. The van der Waals surface area contributed by atoms with E-state index in [1.54, 1.807) is 0 Å². The molecule has 7 heteroatoms. The summed E-state index contributed by atoms with van der Waals surface area (Å²) in [5.74, 6) is -1.53. The second-order valence-electron chi connectivity index (χ2n) is 3.83. The molecule has 0 aliphatic carbocycles. The van der Waals surface area contributed by atoms with Gasteiger partial charge >= 0.3 is 20.7 Å². The molecule has 2 unspecified atom stereocenters. The van der Waals surface area contributed by atoms with Gasteiger partial charge in [0.05, 0.1) is 12.3 Å². The maximum atomic E-state index is 11.6. The van der Waals surface area contributed by atoms with Crippen molar-refractivity contribution in [1.29, 1.82) is 0 Å². The number of cyclic esters (lactones) is 2. The lowest BCUT2D eigenvalue weighted by Crippen LogP contribution is -2.50. The molecule has 0 aromatic heterocycles. The van der Waals surface area contributed by atoms with Crippen molar-refractivity contribution in [2.45, 2.75) is 25.3 Å². The SMILES string of the molecule is CCC(C1CC(=O)OC1=O)[Si](OC)(OC)OC. The lowest BCUT2D eigenvalue weighted by Gasteiger charge is -2.33. The molecule has 0 aromatic carbocycles. The molecule has 1 aliphatic rings. The zero-order chi connectivity index (χ0) is 13.1. The summed E-state index contributed by atoms with van der Waals surface area (Å²) in [6, 6.07) is 0. The number of rotatable bonds is 6. The fraction of sp³-hybridized carbons (Fsp3) is 0.800. The van der Waals surface area contributed by atoms with Crippen molar-refractivity contribution in [2.75, 3.05) is 21.3 Å². The van der Waals surface area contributed by atoms with E-state index in [0.29, 0.717) is 6.42 Å². The van der Waals surface area contributed by atoms with E-state index in [1.807, 2.05) is 6.92 Å². The first kappa shape index (κ1) is 14.3. The van der Waals surface area contributed by atoms with E-state index in [9.17, 15) is 9.59 Å². The van der Waals surface area contributed by atoms with Gasteiger partial charge in [-0.25, -0.2) is 0 Å². The van der Waals surface area contributed by atoms with Crippen LogP contribution in [0.2, 0.25) is 5.54 Å². The minimum atomic E-state index is -2.94. The van der Waals surface area contributed by atoms with Gasteiger partial charge in [0.15, 0.2) is 0 Å². The van der Waals surface area contributed by atoms with E-state index in [0.717, 1.165) is 0 Å². The van der Waals surface area contributed by atoms with Crippen LogP contribution in [0.25, 0.3) is 0 Å². The summed E-state index contributed by atoms with van der Waals surface area (Å²) >= 11 is 0. The number of ether oxygens (including phenoxy) is 1. The van der Waals surface area contributed by atoms with E-state index in [1.165, 1.54) is 21.3 Å². The third-order valence-electron chi connectivity index (χ3n) is 3.14. The third kappa shape index (κ3) is 2.57. The van der Waals surface area contributed by atoms with E-state index in [-0.39, 0.29) is 12.0 Å². The molecular weight excluding hydrogens is 244 g/mol. The second kappa shape index (κ2) is 5.72. The first-order valence-corrected chi connectivity index (χ1v) is 7.24. The Bertz CT molecular complexity index is 293. The highest BCUT2D eigenvalue weighted by Crippen LogP contribution is 2.39. The molecule has 17 heavy (non-hydrogen) atoms. The smallest absolute Gasteiger partial charge is 0.393 e. The van der Waals surface area contributed by atoms with Gasteiger partial charge in [-0.1, -0.05) is 6.92 Å². The van der Waals surface area contributed by atoms with Crippen molar-refractivity contribution in [3.8, 4) is 0 Å². The summed E-state index contributed by atoms with van der Waals surface area (Å²) in [6.45, 7) is 1.90. The van der Waals surface area contributed by atoms with Crippen LogP contribution in [0.4, 0.5) is 0 Å². The van der Waals surface area contributed by atoms with Gasteiger partial charge in [-0.3, -0.25) is 9.59 Å². The molecule has 1 fully saturated rings. The van der Waals surface area contributed by atoms with Crippen LogP contribution in [-0.4, -0.2) is 42.1 Å². The van der Waals surface area contributed by atoms with Crippen LogP contribution >= 0.6 is 0 Å². The van der Waals surface area contributed by atoms with E-state index < -0.39 is 26.7 Å². The first-order chi connectivity index (χ1) is 8.04. The molecule has 6 nitrogen and oxygen atoms in total. The molecule has 0 saturated carbocycles. The Morgan fingerprint density at radius 2 is 1.82 bits per heavy atom. The molecule has 2 atom stereocenters. The molecule has 1 aliphatic heterocycles. The van der Waals surface area contributed by atoms with Crippen molar-refractivity contribution in [3.05, 3.63) is 0 Å². The summed E-state index contributed by atoms with van der Waals surface area (Å²) < 4.78 is 20.6. The summed E-state index contributed by atoms with van der Waals surface area (Å²) in [4.78, 5) is 22.7. The standard InChI is InChI=1S/C10H18O6Si/c1-5-8(17(13-2,14-3)15-4)7-6-9(11)16-10(7)12/h7-8H,5-6H2,1-4H3. The van der Waals surface area contributed by atoms with Crippen LogP contribution in [0, 0.1) is 5.92 Å². The van der Waals surface area contributed by atoms with Crippen LogP contribution in [-0.2, 0) is 27.6 Å². The third-order valence-corrected chi connectivity index (χ3v) is 6.56. The Labute approximate surface area is 102 Å². The molecule has 0 spiro atoms. The van der Waals surface area contributed by atoms with Gasteiger partial charge in [0.25, 0.3) is 0 Å². The minimum absolute atomic E-state index is 0.0716. The zero-order valence-electron chi connectivity index (χ0n) is 10.5. The minimum Gasteiger partial charge on any atom is -0.393 e. The van der Waals surface area contributed by atoms with Crippen LogP contribution in [0.5, 0.6) is 0 Å². The Morgan fingerprint density at radius 1 is 1.29 bits per heavy atom. The van der Waals surface area contributed by atoms with E-state index in [2.05, 4.69) is 4.74 Å². The van der Waals surface area contributed by atoms with Gasteiger partial charge in [0, 0.05) is 26.9 Å². The molecule has 1 heterocycles. The molecule has 0 radical (unpaired) electrons. The van der Waals surface area contributed by atoms with Crippen molar-refractivity contribution in [3.63, 3.8) is 0 Å². The normalized spacial score (nSPS) is 22.7. The summed E-state index contributed by atoms with van der Waals surface area (Å²) in [5, 5.41) is 0. The van der Waals surface area contributed by atoms with Crippen molar-refractivity contribution in [2.24, 2.45) is 5.92 Å². The predicted octanol–water partition coefficient (Wildman–Crippen LogP) is 0.734. The van der Waals surface area contributed by atoms with Crippen molar-refractivity contribution in [1.82, 2.24) is 0 Å². The summed E-state index contributed by atoms with van der Waals surface area (Å²) in [6.07, 6.45) is 0.691. The number of carbonyl (C=O) groups is 2. The van der Waals surface area contributed by atoms with E-state index in [4.69, 9.17) is 13.3 Å². The molecule has 98 valence electrons. The topological polar surface area (TPSA) is 71.1 Å². The van der Waals surface area contributed by atoms with Gasteiger partial charge < -0.3 is 18.0 Å². The van der Waals surface area contributed by atoms with Crippen LogP contribution < -0.4 is 0 Å². The molecule has 1 rings (SSSR count). The zero-order valence-corrected chi connectivity index (χ0v) is 11.5. The summed E-state index contributed by atoms with van der Waals surface area (Å²) in [5.41, 5.74) is -0.263. The van der Waals surface area contributed by atoms with Gasteiger partial charge in [0.1, 0.15) is 0 Å². The van der Waals surface area contributed by atoms with Gasteiger partial charge in [-0.15, -0.1) is 0 Å². The first-order valence-electron chi connectivity index (χ1n) is 5.44. The van der Waals surface area contributed by atoms with Gasteiger partial charge in [-0.05, 0) is 6.42 Å². The average Bonchev–Trinajstić information content (AvgIpc) is 2.65. The van der Waals surface area contributed by atoms with Crippen LogP contribution in [0.15, 0.2) is 0 Å².